The third-order valence-corrected chi connectivity index (χ3v) is 17.4. The maximum atomic E-state index is 17.6. The van der Waals surface area contributed by atoms with Gasteiger partial charge in [0.25, 0.3) is 0 Å². The molecule has 0 bridgehead atoms. The van der Waals surface area contributed by atoms with Crippen LogP contribution >= 0.6 is 7.82 Å². The van der Waals surface area contributed by atoms with Gasteiger partial charge in [0.05, 0.1) is 0 Å². The molecule has 0 radical (unpaired) electrons. The molecular formula is C78H51O4P. The molecule has 0 fully saturated rings. The Labute approximate surface area is 481 Å². The lowest BCUT2D eigenvalue weighted by atomic mass is 9.89. The van der Waals surface area contributed by atoms with Crippen LogP contribution in [-0.2, 0) is 4.57 Å². The molecule has 0 N–H and O–H groups in total. The standard InChI is InChI=1S/C78H51O4P/c79-83(80-73-49-19-46-70(64-40-13-28-52-22-1-7-34-58(52)64)76(73)67-43-16-31-55-25-4-10-37-61(55)67,81-74-50-20-47-71(65-41-14-29-53-23-2-8-35-59(53)65)77(74)68-44-17-32-56-26-5-11-38-62(56)68)82-75-51-21-48-72(66-42-15-30-54-24-3-9-36-60(54)66)78(75)69-45-18-33-57-27-6-12-39-63(57)69/h1-51H. The summed E-state index contributed by atoms with van der Waals surface area (Å²) in [5, 5.41) is 12.7. The van der Waals surface area contributed by atoms with Crippen molar-refractivity contribution in [1.29, 1.82) is 0 Å². The van der Waals surface area contributed by atoms with Crippen LogP contribution in [0.3, 0.4) is 0 Å². The number of phosphoric acid groups is 1. The van der Waals surface area contributed by atoms with Gasteiger partial charge < -0.3 is 13.6 Å². The van der Waals surface area contributed by atoms with E-state index in [1.807, 2.05) is 36.4 Å². The fraction of sp³-hybridized carbons (Fsp3) is 0. The van der Waals surface area contributed by atoms with Crippen molar-refractivity contribution in [3.63, 3.8) is 0 Å². The summed E-state index contributed by atoms with van der Waals surface area (Å²) in [6, 6.07) is 106. The van der Waals surface area contributed by atoms with Crippen molar-refractivity contribution in [2.24, 2.45) is 0 Å². The summed E-state index contributed by atoms with van der Waals surface area (Å²) < 4.78 is 39.8. The Balaban J connectivity index is 1.02. The molecule has 0 saturated heterocycles. The maximum Gasteiger partial charge on any atom is 0.647 e. The summed E-state index contributed by atoms with van der Waals surface area (Å²) in [5.41, 5.74) is 10.6. The number of benzene rings is 15. The fourth-order valence-electron chi connectivity index (χ4n) is 12.5. The van der Waals surface area contributed by atoms with E-state index in [1.54, 1.807) is 0 Å². The average Bonchev–Trinajstić information content (AvgIpc) is 3.69. The van der Waals surface area contributed by atoms with Crippen LogP contribution in [0.15, 0.2) is 309 Å². The van der Waals surface area contributed by atoms with Gasteiger partial charge in [-0.1, -0.05) is 291 Å². The normalized spacial score (nSPS) is 11.7. The molecule has 0 aliphatic carbocycles. The van der Waals surface area contributed by atoms with Gasteiger partial charge >= 0.3 is 7.82 Å². The highest BCUT2D eigenvalue weighted by Gasteiger charge is 2.38. The molecule has 392 valence electrons. The summed E-state index contributed by atoms with van der Waals surface area (Å²) in [4.78, 5) is 0. The Morgan fingerprint density at radius 1 is 0.181 bits per heavy atom. The molecule has 0 amide bonds. The van der Waals surface area contributed by atoms with Crippen molar-refractivity contribution < 1.29 is 18.1 Å². The van der Waals surface area contributed by atoms with E-state index in [9.17, 15) is 0 Å². The molecule has 0 saturated carbocycles. The molecule has 4 nitrogen and oxygen atoms in total. The number of fused-ring (bicyclic) bond motifs is 6. The van der Waals surface area contributed by atoms with E-state index in [4.69, 9.17) is 13.6 Å². The minimum atomic E-state index is -4.99. The highest BCUT2D eigenvalue weighted by atomic mass is 31.2. The SMILES string of the molecule is O=P(Oc1cccc(-c2cccc3ccccc23)c1-c1cccc2ccccc12)(Oc1cccc(-c2cccc3ccccc23)c1-c1cccc2ccccc12)Oc1cccc(-c2cccc3ccccc23)c1-c1cccc2ccccc12. The summed E-state index contributed by atoms with van der Waals surface area (Å²) >= 11 is 0. The van der Waals surface area contributed by atoms with Gasteiger partial charge in [-0.05, 0) is 133 Å². The second-order valence-electron chi connectivity index (χ2n) is 20.9. The Morgan fingerprint density at radius 2 is 0.361 bits per heavy atom. The van der Waals surface area contributed by atoms with Gasteiger partial charge in [0, 0.05) is 16.7 Å². The number of hydrogen-bond acceptors (Lipinski definition) is 4. The lowest BCUT2D eigenvalue weighted by Gasteiger charge is -2.26. The van der Waals surface area contributed by atoms with Gasteiger partial charge in [-0.25, -0.2) is 0 Å². The lowest BCUT2D eigenvalue weighted by Crippen LogP contribution is -2.10. The molecule has 0 heterocycles. The largest absolute Gasteiger partial charge is 0.647 e. The smallest absolute Gasteiger partial charge is 0.385 e. The van der Waals surface area contributed by atoms with Crippen LogP contribution in [0.1, 0.15) is 0 Å². The number of hydrogen-bond donors (Lipinski definition) is 0. The van der Waals surface area contributed by atoms with Gasteiger partial charge in [0.1, 0.15) is 17.2 Å². The van der Waals surface area contributed by atoms with Gasteiger partial charge in [-0.15, -0.1) is 0 Å². The van der Waals surface area contributed by atoms with Gasteiger partial charge in [-0.3, -0.25) is 0 Å². The molecule has 0 aliphatic rings. The highest BCUT2D eigenvalue weighted by Crippen LogP contribution is 2.59. The Hall–Kier alpha value is -10.5. The molecular weight excluding hydrogens is 1030 g/mol. The van der Waals surface area contributed by atoms with E-state index >= 15 is 4.57 Å². The molecule has 83 heavy (non-hydrogen) atoms. The first-order valence-electron chi connectivity index (χ1n) is 28.0. The van der Waals surface area contributed by atoms with Crippen molar-refractivity contribution in [1.82, 2.24) is 0 Å². The first kappa shape index (κ1) is 49.5. The fourth-order valence-corrected chi connectivity index (χ4v) is 13.7. The third-order valence-electron chi connectivity index (χ3n) is 16.1. The summed E-state index contributed by atoms with van der Waals surface area (Å²) in [6.45, 7) is 0. The maximum absolute atomic E-state index is 17.6. The van der Waals surface area contributed by atoms with Crippen LogP contribution < -0.4 is 13.6 Å². The lowest BCUT2D eigenvalue weighted by molar-refractivity contribution is 0.300. The van der Waals surface area contributed by atoms with Crippen LogP contribution in [0.2, 0.25) is 0 Å². The molecule has 0 unspecified atom stereocenters. The van der Waals surface area contributed by atoms with Crippen molar-refractivity contribution in [3.8, 4) is 84.0 Å². The second kappa shape index (κ2) is 20.9. The summed E-state index contributed by atoms with van der Waals surface area (Å²) in [5.74, 6) is 0.969. The first-order chi connectivity index (χ1) is 41.0. The van der Waals surface area contributed by atoms with Gasteiger partial charge in [0.15, 0.2) is 0 Å². The second-order valence-corrected chi connectivity index (χ2v) is 22.4. The predicted octanol–water partition coefficient (Wildman–Crippen LogP) is 22.3. The number of rotatable bonds is 12. The molecule has 0 spiro atoms. The highest BCUT2D eigenvalue weighted by molar-refractivity contribution is 7.49. The first-order valence-corrected chi connectivity index (χ1v) is 29.5. The third kappa shape index (κ3) is 8.94. The molecule has 5 heteroatoms. The van der Waals surface area contributed by atoms with E-state index < -0.39 is 7.82 Å². The summed E-state index contributed by atoms with van der Waals surface area (Å²) in [7, 11) is -4.99. The monoisotopic (exact) mass is 1080 g/mol. The molecule has 0 atom stereocenters. The quantitative estimate of drug-likeness (QED) is 0.114. The van der Waals surface area contributed by atoms with Gasteiger partial charge in [-0.2, -0.15) is 4.57 Å². The Morgan fingerprint density at radius 3 is 0.614 bits per heavy atom. The van der Waals surface area contributed by atoms with Crippen LogP contribution in [0.4, 0.5) is 0 Å². The minimum Gasteiger partial charge on any atom is -0.385 e. The predicted molar refractivity (Wildman–Crippen MR) is 346 cm³/mol. The van der Waals surface area contributed by atoms with E-state index in [1.165, 1.54) is 0 Å². The molecule has 0 aromatic heterocycles. The number of phosphoric ester groups is 1. The van der Waals surface area contributed by atoms with E-state index in [-0.39, 0.29) is 0 Å². The van der Waals surface area contributed by atoms with Crippen LogP contribution in [0.25, 0.3) is 131 Å². The zero-order valence-corrected chi connectivity index (χ0v) is 45.9. The van der Waals surface area contributed by atoms with Gasteiger partial charge in [0.2, 0.25) is 0 Å². The molecule has 15 aromatic carbocycles. The molecule has 0 aliphatic heterocycles. The van der Waals surface area contributed by atoms with E-state index in [0.29, 0.717) is 17.2 Å². The minimum absolute atomic E-state index is 0.323. The van der Waals surface area contributed by atoms with Crippen molar-refractivity contribution in [2.45, 2.75) is 0 Å². The Bertz CT molecular complexity index is 4550. The zero-order chi connectivity index (χ0) is 55.3. The topological polar surface area (TPSA) is 44.8 Å². The zero-order valence-electron chi connectivity index (χ0n) is 45.0. The van der Waals surface area contributed by atoms with Crippen molar-refractivity contribution >= 4 is 72.5 Å². The van der Waals surface area contributed by atoms with Crippen molar-refractivity contribution in [3.05, 3.63) is 309 Å². The average molecular weight is 1080 g/mol. The van der Waals surface area contributed by atoms with E-state index in [2.05, 4.69) is 273 Å². The van der Waals surface area contributed by atoms with Crippen molar-refractivity contribution in [2.75, 3.05) is 0 Å². The summed E-state index contributed by atoms with van der Waals surface area (Å²) in [6.07, 6.45) is 0. The van der Waals surface area contributed by atoms with Crippen LogP contribution in [-0.4, -0.2) is 0 Å². The van der Waals surface area contributed by atoms with Crippen LogP contribution in [0.5, 0.6) is 17.2 Å². The molecule has 15 aromatic rings. The van der Waals surface area contributed by atoms with Crippen LogP contribution in [0, 0.1) is 0 Å². The Kier molecular flexibility index (Phi) is 12.4. The van der Waals surface area contributed by atoms with E-state index in [0.717, 1.165) is 131 Å². The molecule has 15 rings (SSSR count).